The highest BCUT2D eigenvalue weighted by Gasteiger charge is 2.18. The van der Waals surface area contributed by atoms with Gasteiger partial charge in [0, 0.05) is 16.1 Å². The van der Waals surface area contributed by atoms with Crippen LogP contribution in [0.1, 0.15) is 29.2 Å². The van der Waals surface area contributed by atoms with Crippen molar-refractivity contribution in [3.8, 4) is 11.4 Å². The molecule has 0 fully saturated rings. The Balaban J connectivity index is 1.74. The van der Waals surface area contributed by atoms with Gasteiger partial charge < -0.3 is 9.84 Å². The molecule has 5 nitrogen and oxygen atoms in total. The van der Waals surface area contributed by atoms with Crippen molar-refractivity contribution in [2.75, 3.05) is 0 Å². The Morgan fingerprint density at radius 3 is 2.70 bits per heavy atom. The molecule has 0 saturated heterocycles. The smallest absolute Gasteiger partial charge is 0.251 e. The van der Waals surface area contributed by atoms with Crippen LogP contribution in [0.4, 0.5) is 0 Å². The largest absolute Gasteiger partial charge is 0.341 e. The molecule has 0 aliphatic rings. The maximum atomic E-state index is 12.1. The topological polar surface area (TPSA) is 68.0 Å². The molecule has 1 amide bonds. The van der Waals surface area contributed by atoms with E-state index < -0.39 is 6.04 Å². The van der Waals surface area contributed by atoms with Crippen LogP contribution in [-0.4, -0.2) is 16.0 Å². The minimum Gasteiger partial charge on any atom is -0.341 e. The fourth-order valence-electron chi connectivity index (χ4n) is 2.09. The maximum absolute atomic E-state index is 12.1. The van der Waals surface area contributed by atoms with Gasteiger partial charge in [0.1, 0.15) is 6.04 Å². The van der Waals surface area contributed by atoms with E-state index in [0.29, 0.717) is 22.3 Å². The third kappa shape index (κ3) is 3.57. The zero-order valence-corrected chi connectivity index (χ0v) is 13.1. The first kappa shape index (κ1) is 15.2. The SMILES string of the molecule is CC(NC(=O)c1ccccc1)c1nc(-c2cccc(Cl)c2)no1. The number of nitrogens with zero attached hydrogens (tertiary/aromatic N) is 2. The minimum absolute atomic E-state index is 0.194. The highest BCUT2D eigenvalue weighted by Crippen LogP contribution is 2.21. The van der Waals surface area contributed by atoms with Gasteiger partial charge >= 0.3 is 0 Å². The lowest BCUT2D eigenvalue weighted by molar-refractivity contribution is 0.0932. The van der Waals surface area contributed by atoms with E-state index in [1.165, 1.54) is 0 Å². The van der Waals surface area contributed by atoms with Crippen molar-refractivity contribution in [3.63, 3.8) is 0 Å². The van der Waals surface area contributed by atoms with Crippen LogP contribution in [0.2, 0.25) is 5.02 Å². The third-order valence-corrected chi connectivity index (χ3v) is 3.51. The second-order valence-electron chi connectivity index (χ2n) is 5.03. The van der Waals surface area contributed by atoms with Crippen molar-refractivity contribution in [3.05, 3.63) is 71.1 Å². The molecule has 1 heterocycles. The molecule has 2 aromatic carbocycles. The van der Waals surface area contributed by atoms with Crippen molar-refractivity contribution in [1.29, 1.82) is 0 Å². The number of hydrogen-bond donors (Lipinski definition) is 1. The Bertz CT molecular complexity index is 817. The molecule has 0 spiro atoms. The number of amides is 1. The van der Waals surface area contributed by atoms with Crippen LogP contribution < -0.4 is 5.32 Å². The van der Waals surface area contributed by atoms with E-state index in [1.807, 2.05) is 30.3 Å². The van der Waals surface area contributed by atoms with E-state index in [2.05, 4.69) is 15.5 Å². The zero-order chi connectivity index (χ0) is 16.2. The van der Waals surface area contributed by atoms with Crippen molar-refractivity contribution in [2.45, 2.75) is 13.0 Å². The Morgan fingerprint density at radius 1 is 1.17 bits per heavy atom. The summed E-state index contributed by atoms with van der Waals surface area (Å²) >= 11 is 5.96. The molecule has 3 aromatic rings. The van der Waals surface area contributed by atoms with Crippen molar-refractivity contribution in [1.82, 2.24) is 15.5 Å². The average molecular weight is 328 g/mol. The standard InChI is InChI=1S/C17H14ClN3O2/c1-11(19-16(22)12-6-3-2-4-7-12)17-20-15(21-23-17)13-8-5-9-14(18)10-13/h2-11H,1H3,(H,19,22). The predicted octanol–water partition coefficient (Wildman–Crippen LogP) is 3.88. The van der Waals surface area contributed by atoms with Gasteiger partial charge in [-0.25, -0.2) is 0 Å². The molecule has 1 N–H and O–H groups in total. The number of aromatic nitrogens is 2. The van der Waals surface area contributed by atoms with Gasteiger partial charge in [0.15, 0.2) is 0 Å². The van der Waals surface area contributed by atoms with Crippen molar-refractivity contribution < 1.29 is 9.32 Å². The second kappa shape index (κ2) is 6.62. The molecule has 23 heavy (non-hydrogen) atoms. The maximum Gasteiger partial charge on any atom is 0.251 e. The van der Waals surface area contributed by atoms with Crippen LogP contribution in [0.25, 0.3) is 11.4 Å². The van der Waals surface area contributed by atoms with Crippen LogP contribution in [0, 0.1) is 0 Å². The molecule has 0 saturated carbocycles. The van der Waals surface area contributed by atoms with Gasteiger partial charge in [-0.3, -0.25) is 4.79 Å². The number of halogens is 1. The van der Waals surface area contributed by atoms with Crippen molar-refractivity contribution >= 4 is 17.5 Å². The van der Waals surface area contributed by atoms with E-state index in [4.69, 9.17) is 16.1 Å². The Kier molecular flexibility index (Phi) is 4.39. The summed E-state index contributed by atoms with van der Waals surface area (Å²) in [5.41, 5.74) is 1.34. The first-order valence-corrected chi connectivity index (χ1v) is 7.47. The monoisotopic (exact) mass is 327 g/mol. The summed E-state index contributed by atoms with van der Waals surface area (Å²) in [6, 6.07) is 15.7. The highest BCUT2D eigenvalue weighted by molar-refractivity contribution is 6.30. The normalized spacial score (nSPS) is 11.9. The average Bonchev–Trinajstić information content (AvgIpc) is 3.06. The quantitative estimate of drug-likeness (QED) is 0.789. The molecule has 0 bridgehead atoms. The lowest BCUT2D eigenvalue weighted by Gasteiger charge is -2.09. The molecule has 1 unspecified atom stereocenters. The summed E-state index contributed by atoms with van der Waals surface area (Å²) in [7, 11) is 0. The molecule has 0 aliphatic heterocycles. The van der Waals surface area contributed by atoms with Gasteiger partial charge in [-0.1, -0.05) is 47.1 Å². The van der Waals surface area contributed by atoms with Gasteiger partial charge in [-0.15, -0.1) is 0 Å². The van der Waals surface area contributed by atoms with Crippen LogP contribution in [0.3, 0.4) is 0 Å². The number of rotatable bonds is 4. The van der Waals surface area contributed by atoms with Crippen LogP contribution in [-0.2, 0) is 0 Å². The molecule has 6 heteroatoms. The molecular weight excluding hydrogens is 314 g/mol. The number of nitrogens with one attached hydrogen (secondary N) is 1. The molecular formula is C17H14ClN3O2. The molecule has 1 aromatic heterocycles. The molecule has 0 aliphatic carbocycles. The van der Waals surface area contributed by atoms with E-state index >= 15 is 0 Å². The Morgan fingerprint density at radius 2 is 1.96 bits per heavy atom. The van der Waals surface area contributed by atoms with E-state index in [9.17, 15) is 4.79 Å². The lowest BCUT2D eigenvalue weighted by atomic mass is 10.2. The minimum atomic E-state index is -0.400. The highest BCUT2D eigenvalue weighted by atomic mass is 35.5. The van der Waals surface area contributed by atoms with Gasteiger partial charge in [-0.2, -0.15) is 4.98 Å². The molecule has 3 rings (SSSR count). The summed E-state index contributed by atoms with van der Waals surface area (Å²) < 4.78 is 5.24. The van der Waals surface area contributed by atoms with E-state index in [0.717, 1.165) is 5.56 Å². The number of hydrogen-bond acceptors (Lipinski definition) is 4. The Labute approximate surface area is 138 Å². The van der Waals surface area contributed by atoms with Crippen LogP contribution in [0.15, 0.2) is 59.1 Å². The van der Waals surface area contributed by atoms with Gasteiger partial charge in [0.2, 0.25) is 11.7 Å². The van der Waals surface area contributed by atoms with Gasteiger partial charge in [-0.05, 0) is 31.2 Å². The summed E-state index contributed by atoms with van der Waals surface area (Å²) in [4.78, 5) is 16.4. The first-order chi connectivity index (χ1) is 11.1. The number of carbonyl (C=O) groups is 1. The van der Waals surface area contributed by atoms with Crippen LogP contribution in [0.5, 0.6) is 0 Å². The summed E-state index contributed by atoms with van der Waals surface area (Å²) in [5.74, 6) is 0.577. The number of carbonyl (C=O) groups excluding carboxylic acids is 1. The van der Waals surface area contributed by atoms with Crippen LogP contribution >= 0.6 is 11.6 Å². The first-order valence-electron chi connectivity index (χ1n) is 7.09. The van der Waals surface area contributed by atoms with Gasteiger partial charge in [0.05, 0.1) is 0 Å². The van der Waals surface area contributed by atoms with Gasteiger partial charge in [0.25, 0.3) is 5.91 Å². The number of benzene rings is 2. The Hall–Kier alpha value is -2.66. The van der Waals surface area contributed by atoms with E-state index in [1.54, 1.807) is 31.2 Å². The summed E-state index contributed by atoms with van der Waals surface area (Å²) in [6.07, 6.45) is 0. The summed E-state index contributed by atoms with van der Waals surface area (Å²) in [6.45, 7) is 1.79. The second-order valence-corrected chi connectivity index (χ2v) is 5.46. The van der Waals surface area contributed by atoms with E-state index in [-0.39, 0.29) is 5.91 Å². The molecule has 1 atom stereocenters. The van der Waals surface area contributed by atoms with Crippen molar-refractivity contribution in [2.24, 2.45) is 0 Å². The lowest BCUT2D eigenvalue weighted by Crippen LogP contribution is -2.26. The predicted molar refractivity (Wildman–Crippen MR) is 87.1 cm³/mol. The summed E-state index contributed by atoms with van der Waals surface area (Å²) in [5, 5.41) is 7.36. The fraction of sp³-hybridized carbons (Fsp3) is 0.118. The zero-order valence-electron chi connectivity index (χ0n) is 12.4. The fourth-order valence-corrected chi connectivity index (χ4v) is 2.28. The third-order valence-electron chi connectivity index (χ3n) is 3.28. The molecule has 116 valence electrons. The molecule has 0 radical (unpaired) electrons.